The largest absolute Gasteiger partial charge is 0.486 e. The first-order valence-electron chi connectivity index (χ1n) is 13.2. The zero-order valence-electron chi connectivity index (χ0n) is 22.0. The highest BCUT2D eigenvalue weighted by atomic mass is 35.5. The van der Waals surface area contributed by atoms with E-state index in [9.17, 15) is 9.59 Å². The van der Waals surface area contributed by atoms with E-state index >= 15 is 0 Å². The molecule has 1 N–H and O–H groups in total. The van der Waals surface area contributed by atoms with Crippen molar-refractivity contribution >= 4 is 23.4 Å². The van der Waals surface area contributed by atoms with E-state index in [-0.39, 0.29) is 30.8 Å². The first kappa shape index (κ1) is 27.5. The lowest BCUT2D eigenvalue weighted by Crippen LogP contribution is -2.52. The lowest BCUT2D eigenvalue weighted by atomic mass is 10.0. The van der Waals surface area contributed by atoms with Crippen LogP contribution in [0.1, 0.15) is 43.4 Å². The van der Waals surface area contributed by atoms with Crippen molar-refractivity contribution in [1.82, 2.24) is 10.2 Å². The average Bonchev–Trinajstić information content (AvgIpc) is 2.94. The molecule has 0 radical (unpaired) electrons. The van der Waals surface area contributed by atoms with E-state index in [1.54, 1.807) is 11.0 Å². The maximum Gasteiger partial charge on any atom is 0.243 e. The molecule has 1 aliphatic rings. The Morgan fingerprint density at radius 1 is 0.921 bits per heavy atom. The smallest absolute Gasteiger partial charge is 0.243 e. The van der Waals surface area contributed by atoms with Gasteiger partial charge in [-0.3, -0.25) is 9.59 Å². The first-order valence-corrected chi connectivity index (χ1v) is 13.6. The maximum atomic E-state index is 13.8. The highest BCUT2D eigenvalue weighted by molar-refractivity contribution is 6.30. The summed E-state index contributed by atoms with van der Waals surface area (Å²) < 4.78 is 11.3. The Kier molecular flexibility index (Phi) is 9.66. The number of carbonyl (C=O) groups is 2. The Morgan fingerprint density at radius 2 is 1.66 bits per heavy atom. The molecule has 200 valence electrons. The molecule has 7 heteroatoms. The topological polar surface area (TPSA) is 67.9 Å². The van der Waals surface area contributed by atoms with Crippen LogP contribution >= 0.6 is 11.6 Å². The Morgan fingerprint density at radius 3 is 2.39 bits per heavy atom. The van der Waals surface area contributed by atoms with Crippen molar-refractivity contribution in [3.63, 3.8) is 0 Å². The summed E-state index contributed by atoms with van der Waals surface area (Å²) in [6.07, 6.45) is 1.99. The Balaban J connectivity index is 1.60. The molecule has 0 fully saturated rings. The van der Waals surface area contributed by atoms with Gasteiger partial charge in [0.15, 0.2) is 11.5 Å². The molecule has 0 aromatic heterocycles. The standard InChI is InChI=1S/C31H35ClN2O4/c1-3-22(2)33-31(36)27(19-23-8-5-4-6-9-23)34(21-25-10-7-11-26(32)18-25)30(35)15-13-24-12-14-28-29(20-24)38-17-16-37-28/h4-12,14,18,20,22,27H,3,13,15-17,19,21H2,1-2H3,(H,33,36)/t22-,27+/m1/s1. The van der Waals surface area contributed by atoms with Gasteiger partial charge in [-0.1, -0.05) is 67.1 Å². The molecule has 0 aliphatic carbocycles. The van der Waals surface area contributed by atoms with E-state index in [1.165, 1.54) is 0 Å². The van der Waals surface area contributed by atoms with E-state index in [4.69, 9.17) is 21.1 Å². The highest BCUT2D eigenvalue weighted by Gasteiger charge is 2.31. The third-order valence-electron chi connectivity index (χ3n) is 6.75. The first-order chi connectivity index (χ1) is 18.4. The number of aryl methyl sites for hydroxylation is 1. The molecule has 3 aromatic rings. The van der Waals surface area contributed by atoms with E-state index in [1.807, 2.05) is 80.6 Å². The molecule has 0 saturated carbocycles. The number of halogens is 1. The van der Waals surface area contributed by atoms with Gasteiger partial charge in [0, 0.05) is 30.5 Å². The summed E-state index contributed by atoms with van der Waals surface area (Å²) in [5.41, 5.74) is 2.85. The summed E-state index contributed by atoms with van der Waals surface area (Å²) in [6.45, 7) is 5.33. The third kappa shape index (κ3) is 7.51. The summed E-state index contributed by atoms with van der Waals surface area (Å²) in [7, 11) is 0. The second kappa shape index (κ2) is 13.3. The van der Waals surface area contributed by atoms with Gasteiger partial charge in [-0.2, -0.15) is 0 Å². The quantitative estimate of drug-likeness (QED) is 0.348. The van der Waals surface area contributed by atoms with Gasteiger partial charge in [-0.05, 0) is 60.7 Å². The summed E-state index contributed by atoms with van der Waals surface area (Å²) in [4.78, 5) is 29.1. The lowest BCUT2D eigenvalue weighted by Gasteiger charge is -2.32. The van der Waals surface area contributed by atoms with Gasteiger partial charge in [0.2, 0.25) is 11.8 Å². The zero-order valence-corrected chi connectivity index (χ0v) is 22.7. The molecule has 1 heterocycles. The second-order valence-electron chi connectivity index (χ2n) is 9.65. The maximum absolute atomic E-state index is 13.8. The zero-order chi connectivity index (χ0) is 26.9. The number of nitrogens with zero attached hydrogens (tertiary/aromatic N) is 1. The monoisotopic (exact) mass is 534 g/mol. The van der Waals surface area contributed by atoms with Gasteiger partial charge in [-0.15, -0.1) is 0 Å². The molecule has 0 saturated heterocycles. The van der Waals surface area contributed by atoms with E-state index in [0.717, 1.165) is 28.9 Å². The van der Waals surface area contributed by atoms with Crippen molar-refractivity contribution in [2.45, 2.75) is 58.2 Å². The molecule has 2 atom stereocenters. The average molecular weight is 535 g/mol. The van der Waals surface area contributed by atoms with Crippen LogP contribution < -0.4 is 14.8 Å². The molecule has 1 aliphatic heterocycles. The van der Waals surface area contributed by atoms with Crippen molar-refractivity contribution in [3.05, 3.63) is 94.5 Å². The van der Waals surface area contributed by atoms with Crippen LogP contribution in [0.15, 0.2) is 72.8 Å². The second-order valence-corrected chi connectivity index (χ2v) is 10.1. The molecule has 38 heavy (non-hydrogen) atoms. The van der Waals surface area contributed by atoms with Crippen molar-refractivity contribution in [2.75, 3.05) is 13.2 Å². The number of carbonyl (C=O) groups excluding carboxylic acids is 2. The fourth-order valence-corrected chi connectivity index (χ4v) is 4.68. The summed E-state index contributed by atoms with van der Waals surface area (Å²) >= 11 is 6.26. The van der Waals surface area contributed by atoms with Gasteiger partial charge < -0.3 is 19.7 Å². The SMILES string of the molecule is CC[C@@H](C)NC(=O)[C@H](Cc1ccccc1)N(Cc1cccc(Cl)c1)C(=O)CCc1ccc2c(c1)OCCO2. The van der Waals surface area contributed by atoms with Crippen LogP contribution in [0, 0.1) is 0 Å². The number of ether oxygens (including phenoxy) is 2. The van der Waals surface area contributed by atoms with E-state index in [0.29, 0.717) is 36.8 Å². The Bertz CT molecular complexity index is 1230. The number of hydrogen-bond acceptors (Lipinski definition) is 4. The number of fused-ring (bicyclic) bond motifs is 1. The summed E-state index contributed by atoms with van der Waals surface area (Å²) in [5.74, 6) is 1.17. The van der Waals surface area contributed by atoms with E-state index < -0.39 is 6.04 Å². The Labute approximate surface area is 229 Å². The predicted molar refractivity (Wildman–Crippen MR) is 150 cm³/mol. The fourth-order valence-electron chi connectivity index (χ4n) is 4.47. The third-order valence-corrected chi connectivity index (χ3v) is 6.98. The van der Waals surface area contributed by atoms with Crippen molar-refractivity contribution in [2.24, 2.45) is 0 Å². The van der Waals surface area contributed by atoms with Gasteiger partial charge in [0.1, 0.15) is 19.3 Å². The molecular weight excluding hydrogens is 500 g/mol. The van der Waals surface area contributed by atoms with Gasteiger partial charge in [0.25, 0.3) is 0 Å². The molecule has 6 nitrogen and oxygen atoms in total. The normalized spacial score (nSPS) is 13.9. The number of rotatable bonds is 11. The minimum absolute atomic E-state index is 0.00149. The van der Waals surface area contributed by atoms with Gasteiger partial charge >= 0.3 is 0 Å². The van der Waals surface area contributed by atoms with Crippen LogP contribution in [0.5, 0.6) is 11.5 Å². The van der Waals surface area contributed by atoms with Crippen LogP contribution in [0.3, 0.4) is 0 Å². The fraction of sp³-hybridized carbons (Fsp3) is 0.355. The van der Waals surface area contributed by atoms with Crippen molar-refractivity contribution < 1.29 is 19.1 Å². The van der Waals surface area contributed by atoms with Crippen molar-refractivity contribution in [1.29, 1.82) is 0 Å². The number of amides is 2. The minimum Gasteiger partial charge on any atom is -0.486 e. The molecule has 0 unspecified atom stereocenters. The molecule has 0 bridgehead atoms. The predicted octanol–water partition coefficient (Wildman–Crippen LogP) is 5.60. The van der Waals surface area contributed by atoms with Gasteiger partial charge in [-0.25, -0.2) is 0 Å². The van der Waals surface area contributed by atoms with Crippen LogP contribution in [-0.4, -0.2) is 42.0 Å². The van der Waals surface area contributed by atoms with Crippen LogP contribution in [0.2, 0.25) is 5.02 Å². The highest BCUT2D eigenvalue weighted by Crippen LogP contribution is 2.31. The van der Waals surface area contributed by atoms with Crippen LogP contribution in [0.4, 0.5) is 0 Å². The van der Waals surface area contributed by atoms with Gasteiger partial charge in [0.05, 0.1) is 0 Å². The van der Waals surface area contributed by atoms with Crippen molar-refractivity contribution in [3.8, 4) is 11.5 Å². The molecule has 4 rings (SSSR count). The molecule has 0 spiro atoms. The van der Waals surface area contributed by atoms with Crippen LogP contribution in [0.25, 0.3) is 0 Å². The molecular formula is C31H35ClN2O4. The number of nitrogens with one attached hydrogen (secondary N) is 1. The number of hydrogen-bond donors (Lipinski definition) is 1. The Hall–Kier alpha value is -3.51. The summed E-state index contributed by atoms with van der Waals surface area (Å²) in [5, 5.41) is 3.69. The molecule has 2 amide bonds. The van der Waals surface area contributed by atoms with Crippen LogP contribution in [-0.2, 0) is 29.0 Å². The van der Waals surface area contributed by atoms with E-state index in [2.05, 4.69) is 5.32 Å². The molecule has 3 aromatic carbocycles. The minimum atomic E-state index is -0.668. The number of benzene rings is 3. The summed E-state index contributed by atoms with van der Waals surface area (Å²) in [6, 6.07) is 22.4. The lowest BCUT2D eigenvalue weighted by molar-refractivity contribution is -0.141.